The van der Waals surface area contributed by atoms with Gasteiger partial charge in [-0.15, -0.1) is 0 Å². The highest BCUT2D eigenvalue weighted by molar-refractivity contribution is 5.84. The SMILES string of the molecule is CC(=O)N[C@H]1[C@H]([C@H](O)[C@H](O)CO)OC(C(=O)O)=C[C@@H]1N1CCCCC1. The first-order chi connectivity index (χ1) is 11.8. The average Bonchev–Trinajstić information content (AvgIpc) is 2.60. The van der Waals surface area contributed by atoms with E-state index < -0.39 is 43.0 Å². The summed E-state index contributed by atoms with van der Waals surface area (Å²) in [4.78, 5) is 25.1. The molecule has 0 bridgehead atoms. The van der Waals surface area contributed by atoms with Crippen LogP contribution in [0.15, 0.2) is 11.8 Å². The fourth-order valence-corrected chi connectivity index (χ4v) is 3.39. The fraction of sp³-hybridized carbons (Fsp3) is 0.750. The lowest BCUT2D eigenvalue weighted by atomic mass is 9.90. The molecule has 2 aliphatic heterocycles. The van der Waals surface area contributed by atoms with Crippen LogP contribution in [0.2, 0.25) is 0 Å². The van der Waals surface area contributed by atoms with Gasteiger partial charge in [0.05, 0.1) is 18.7 Å². The number of aliphatic hydroxyl groups is 3. The number of carboxylic acid groups (broad SMARTS) is 1. The zero-order valence-corrected chi connectivity index (χ0v) is 14.2. The molecule has 5 atom stereocenters. The number of hydrogen-bond donors (Lipinski definition) is 5. The van der Waals surface area contributed by atoms with Crippen molar-refractivity contribution in [3.8, 4) is 0 Å². The second kappa shape index (κ2) is 8.61. The van der Waals surface area contributed by atoms with E-state index in [1.165, 1.54) is 13.0 Å². The summed E-state index contributed by atoms with van der Waals surface area (Å²) in [5.74, 6) is -2.00. The lowest BCUT2D eigenvalue weighted by Crippen LogP contribution is -2.64. The Morgan fingerprint density at radius 3 is 2.48 bits per heavy atom. The van der Waals surface area contributed by atoms with Crippen molar-refractivity contribution in [3.05, 3.63) is 11.8 Å². The number of nitrogens with one attached hydrogen (secondary N) is 1. The van der Waals surface area contributed by atoms with Crippen LogP contribution in [0.4, 0.5) is 0 Å². The van der Waals surface area contributed by atoms with Crippen molar-refractivity contribution in [2.75, 3.05) is 19.7 Å². The monoisotopic (exact) mass is 358 g/mol. The molecular formula is C16H26N2O7. The van der Waals surface area contributed by atoms with Gasteiger partial charge in [0, 0.05) is 6.92 Å². The molecule has 0 unspecified atom stereocenters. The number of carbonyl (C=O) groups excluding carboxylic acids is 1. The van der Waals surface area contributed by atoms with E-state index in [0.717, 1.165) is 32.4 Å². The van der Waals surface area contributed by atoms with Crippen LogP contribution in [0.1, 0.15) is 26.2 Å². The molecule has 1 amide bonds. The molecule has 2 rings (SSSR count). The Labute approximate surface area is 145 Å². The fourth-order valence-electron chi connectivity index (χ4n) is 3.39. The third-order valence-corrected chi connectivity index (χ3v) is 4.62. The zero-order valence-electron chi connectivity index (χ0n) is 14.2. The molecule has 5 N–H and O–H groups in total. The predicted octanol–water partition coefficient (Wildman–Crippen LogP) is -1.57. The molecule has 0 aromatic rings. The van der Waals surface area contributed by atoms with Gasteiger partial charge in [0.15, 0.2) is 0 Å². The zero-order chi connectivity index (χ0) is 18.6. The van der Waals surface area contributed by atoms with Gasteiger partial charge in [0.1, 0.15) is 18.3 Å². The number of carbonyl (C=O) groups is 2. The minimum atomic E-state index is -1.56. The Bertz CT molecular complexity index is 519. The van der Waals surface area contributed by atoms with Gasteiger partial charge in [-0.25, -0.2) is 4.79 Å². The van der Waals surface area contributed by atoms with Crippen molar-refractivity contribution in [3.63, 3.8) is 0 Å². The Kier molecular flexibility index (Phi) is 6.77. The highest BCUT2D eigenvalue weighted by atomic mass is 16.5. The summed E-state index contributed by atoms with van der Waals surface area (Å²) in [5, 5.41) is 41.2. The summed E-state index contributed by atoms with van der Waals surface area (Å²) in [6.45, 7) is 2.06. The van der Waals surface area contributed by atoms with Crippen LogP contribution in [-0.4, -0.2) is 87.3 Å². The van der Waals surface area contributed by atoms with Crippen LogP contribution in [0.5, 0.6) is 0 Å². The number of aliphatic carboxylic acids is 1. The molecule has 0 saturated carbocycles. The van der Waals surface area contributed by atoms with Crippen molar-refractivity contribution in [2.45, 2.75) is 56.6 Å². The second-order valence-electron chi connectivity index (χ2n) is 6.47. The van der Waals surface area contributed by atoms with Gasteiger partial charge in [0.25, 0.3) is 0 Å². The normalized spacial score (nSPS) is 29.9. The number of aliphatic hydroxyl groups excluding tert-OH is 3. The Hall–Kier alpha value is -1.68. The van der Waals surface area contributed by atoms with Crippen LogP contribution < -0.4 is 5.32 Å². The topological polar surface area (TPSA) is 140 Å². The maximum Gasteiger partial charge on any atom is 0.370 e. The molecule has 142 valence electrons. The van der Waals surface area contributed by atoms with Gasteiger partial charge in [-0.05, 0) is 32.0 Å². The Morgan fingerprint density at radius 2 is 1.96 bits per heavy atom. The molecule has 9 heteroatoms. The minimum Gasteiger partial charge on any atom is -0.478 e. The second-order valence-corrected chi connectivity index (χ2v) is 6.47. The summed E-state index contributed by atoms with van der Waals surface area (Å²) in [6.07, 6.45) is 0.139. The van der Waals surface area contributed by atoms with Crippen LogP contribution in [0.3, 0.4) is 0 Å². The number of hydrogen-bond acceptors (Lipinski definition) is 7. The molecule has 25 heavy (non-hydrogen) atoms. The van der Waals surface area contributed by atoms with E-state index in [1.807, 2.05) is 4.90 Å². The van der Waals surface area contributed by atoms with Gasteiger partial charge in [-0.2, -0.15) is 0 Å². The lowest BCUT2D eigenvalue weighted by Gasteiger charge is -2.45. The minimum absolute atomic E-state index is 0.341. The number of piperidine rings is 1. The quantitative estimate of drug-likeness (QED) is 0.384. The van der Waals surface area contributed by atoms with Crippen LogP contribution in [0, 0.1) is 0 Å². The molecule has 1 saturated heterocycles. The molecule has 0 spiro atoms. The van der Waals surface area contributed by atoms with Crippen molar-refractivity contribution >= 4 is 11.9 Å². The number of nitrogens with zero attached hydrogens (tertiary/aromatic N) is 1. The summed E-state index contributed by atoms with van der Waals surface area (Å²) >= 11 is 0. The first-order valence-electron chi connectivity index (χ1n) is 8.45. The largest absolute Gasteiger partial charge is 0.478 e. The Balaban J connectivity index is 2.37. The highest BCUT2D eigenvalue weighted by Gasteiger charge is 2.45. The number of likely N-dealkylation sites (tertiary alicyclic amines) is 1. The van der Waals surface area contributed by atoms with Crippen molar-refractivity contribution in [2.24, 2.45) is 0 Å². The number of carboxylic acids is 1. The summed E-state index contributed by atoms with van der Waals surface area (Å²) in [5.41, 5.74) is 0. The molecule has 0 radical (unpaired) electrons. The van der Waals surface area contributed by atoms with E-state index in [1.54, 1.807) is 0 Å². The predicted molar refractivity (Wildman–Crippen MR) is 86.5 cm³/mol. The molecular weight excluding hydrogens is 332 g/mol. The molecule has 9 nitrogen and oxygen atoms in total. The number of ether oxygens (including phenoxy) is 1. The lowest BCUT2D eigenvalue weighted by molar-refractivity contribution is -0.148. The van der Waals surface area contributed by atoms with Crippen molar-refractivity contribution in [1.82, 2.24) is 10.2 Å². The summed E-state index contributed by atoms with van der Waals surface area (Å²) in [6, 6.07) is -1.25. The maximum atomic E-state index is 11.6. The van der Waals surface area contributed by atoms with Crippen LogP contribution in [0.25, 0.3) is 0 Å². The van der Waals surface area contributed by atoms with Gasteiger partial charge in [-0.1, -0.05) is 6.42 Å². The number of rotatable bonds is 6. The third-order valence-electron chi connectivity index (χ3n) is 4.62. The van der Waals surface area contributed by atoms with Crippen molar-refractivity contribution < 1.29 is 34.8 Å². The standard InChI is InChI=1S/C16H26N2O7/c1-9(20)17-13-10(18-5-3-2-4-6-18)7-12(16(23)24)25-15(13)14(22)11(21)8-19/h7,10-11,13-15,19,21-22H,2-6,8H2,1H3,(H,17,20)(H,23,24)/t10-,11+,13+,14+,15+/m0/s1. The smallest absolute Gasteiger partial charge is 0.370 e. The highest BCUT2D eigenvalue weighted by Crippen LogP contribution is 2.27. The van der Waals surface area contributed by atoms with E-state index in [-0.39, 0.29) is 11.7 Å². The molecule has 0 aliphatic carbocycles. The molecule has 0 aromatic carbocycles. The first-order valence-corrected chi connectivity index (χ1v) is 8.45. The molecule has 2 heterocycles. The van der Waals surface area contributed by atoms with Gasteiger partial charge < -0.3 is 30.5 Å². The maximum absolute atomic E-state index is 11.6. The van der Waals surface area contributed by atoms with E-state index in [4.69, 9.17) is 9.84 Å². The summed E-state index contributed by atoms with van der Waals surface area (Å²) < 4.78 is 5.37. The molecule has 1 fully saturated rings. The molecule has 2 aliphatic rings. The van der Waals surface area contributed by atoms with Gasteiger partial charge in [-0.3, -0.25) is 9.69 Å². The van der Waals surface area contributed by atoms with E-state index >= 15 is 0 Å². The summed E-state index contributed by atoms with van der Waals surface area (Å²) in [7, 11) is 0. The van der Waals surface area contributed by atoms with Gasteiger partial charge >= 0.3 is 5.97 Å². The van der Waals surface area contributed by atoms with E-state index in [2.05, 4.69) is 5.32 Å². The van der Waals surface area contributed by atoms with E-state index in [0.29, 0.717) is 0 Å². The first kappa shape index (κ1) is 19.6. The number of amides is 1. The third kappa shape index (κ3) is 4.69. The van der Waals surface area contributed by atoms with Crippen LogP contribution >= 0.6 is 0 Å². The molecule has 0 aromatic heterocycles. The van der Waals surface area contributed by atoms with E-state index in [9.17, 15) is 24.9 Å². The van der Waals surface area contributed by atoms with Crippen LogP contribution in [-0.2, 0) is 14.3 Å². The average molecular weight is 358 g/mol. The Morgan fingerprint density at radius 1 is 1.32 bits per heavy atom. The van der Waals surface area contributed by atoms with Crippen molar-refractivity contribution in [1.29, 1.82) is 0 Å². The van der Waals surface area contributed by atoms with Gasteiger partial charge in [0.2, 0.25) is 11.7 Å².